The predicted molar refractivity (Wildman–Crippen MR) is 99.3 cm³/mol. The molecule has 2 aliphatic heterocycles. The monoisotopic (exact) mass is 394 g/mol. The lowest BCUT2D eigenvalue weighted by atomic mass is 9.79. The zero-order valence-corrected chi connectivity index (χ0v) is 16.7. The Morgan fingerprint density at radius 2 is 1.74 bits per heavy atom. The first-order chi connectivity index (χ1) is 12.8. The van der Waals surface area contributed by atoms with Gasteiger partial charge < -0.3 is 14.4 Å². The molecule has 0 atom stereocenters. The van der Waals surface area contributed by atoms with Crippen molar-refractivity contribution < 1.29 is 22.7 Å². The number of amides is 1. The summed E-state index contributed by atoms with van der Waals surface area (Å²) >= 11 is 0. The maximum absolute atomic E-state index is 13.4. The highest BCUT2D eigenvalue weighted by molar-refractivity contribution is 7.89. The third-order valence-corrected chi connectivity index (χ3v) is 8.06. The second-order valence-electron chi connectivity index (χ2n) is 7.77. The summed E-state index contributed by atoms with van der Waals surface area (Å²) in [5, 5.41) is 0. The average Bonchev–Trinajstić information content (AvgIpc) is 3.08. The van der Waals surface area contributed by atoms with Gasteiger partial charge in [-0.25, -0.2) is 8.42 Å². The van der Waals surface area contributed by atoms with Crippen molar-refractivity contribution in [3.63, 3.8) is 0 Å². The van der Waals surface area contributed by atoms with Crippen LogP contribution in [0.5, 0.6) is 11.5 Å². The van der Waals surface area contributed by atoms with Crippen LogP contribution in [0.3, 0.4) is 0 Å². The van der Waals surface area contributed by atoms with Crippen molar-refractivity contribution in [2.24, 2.45) is 0 Å². The summed E-state index contributed by atoms with van der Waals surface area (Å²) in [7, 11) is -3.68. The Bertz CT molecular complexity index is 861. The fourth-order valence-corrected chi connectivity index (χ4v) is 6.45. The van der Waals surface area contributed by atoms with Crippen molar-refractivity contribution in [3.05, 3.63) is 17.7 Å². The van der Waals surface area contributed by atoms with E-state index >= 15 is 0 Å². The van der Waals surface area contributed by atoms with Gasteiger partial charge >= 0.3 is 0 Å². The largest absolute Gasteiger partial charge is 0.454 e. The standard InChI is InChI=1S/C19H26N2O5S/c1-14-10-16-17(26-13-25-16)11-18(14)27(23,24)20-8-9-21(15(2)22)19(12-20)6-4-3-5-7-19/h10-11H,3-9,12-13H2,1-2H3. The van der Waals surface area contributed by atoms with Crippen LogP contribution in [-0.4, -0.2) is 55.5 Å². The van der Waals surface area contributed by atoms with Gasteiger partial charge in [-0.15, -0.1) is 0 Å². The molecule has 2 fully saturated rings. The normalized spacial score (nSPS) is 22.2. The predicted octanol–water partition coefficient (Wildman–Crippen LogP) is 2.28. The molecule has 1 saturated carbocycles. The van der Waals surface area contributed by atoms with Gasteiger partial charge in [0, 0.05) is 32.6 Å². The van der Waals surface area contributed by atoms with Gasteiger partial charge in [-0.05, 0) is 31.4 Å². The third kappa shape index (κ3) is 3.08. The molecule has 0 unspecified atom stereocenters. The molecule has 3 aliphatic rings. The lowest BCUT2D eigenvalue weighted by Gasteiger charge is -2.52. The number of fused-ring (bicyclic) bond motifs is 1. The number of piperazine rings is 1. The van der Waals surface area contributed by atoms with Crippen molar-refractivity contribution in [2.45, 2.75) is 56.4 Å². The van der Waals surface area contributed by atoms with E-state index < -0.39 is 10.0 Å². The molecule has 0 radical (unpaired) electrons. The molecule has 1 aromatic carbocycles. The molecule has 1 amide bonds. The average molecular weight is 394 g/mol. The number of nitrogens with zero attached hydrogens (tertiary/aromatic N) is 2. The van der Waals surface area contributed by atoms with Crippen LogP contribution < -0.4 is 9.47 Å². The van der Waals surface area contributed by atoms with E-state index in [4.69, 9.17) is 9.47 Å². The molecule has 0 aromatic heterocycles. The van der Waals surface area contributed by atoms with Gasteiger partial charge in [0.05, 0.1) is 10.4 Å². The van der Waals surface area contributed by atoms with Crippen LogP contribution in [0, 0.1) is 6.92 Å². The summed E-state index contributed by atoms with van der Waals surface area (Å²) in [6, 6.07) is 3.29. The van der Waals surface area contributed by atoms with E-state index in [1.807, 2.05) is 4.90 Å². The third-order valence-electron chi connectivity index (χ3n) is 6.07. The summed E-state index contributed by atoms with van der Waals surface area (Å²) in [6.45, 7) is 4.59. The van der Waals surface area contributed by atoms with Crippen LogP contribution in [0.1, 0.15) is 44.6 Å². The molecule has 1 aromatic rings. The van der Waals surface area contributed by atoms with Gasteiger partial charge in [-0.1, -0.05) is 19.3 Å². The van der Waals surface area contributed by atoms with E-state index in [2.05, 4.69) is 0 Å². The number of hydrogen-bond donors (Lipinski definition) is 0. The molecule has 8 heteroatoms. The minimum atomic E-state index is -3.68. The van der Waals surface area contributed by atoms with Crippen molar-refractivity contribution >= 4 is 15.9 Å². The lowest BCUT2D eigenvalue weighted by molar-refractivity contribution is -0.140. The van der Waals surface area contributed by atoms with Crippen LogP contribution in [0.15, 0.2) is 17.0 Å². The highest BCUT2D eigenvalue weighted by atomic mass is 32.2. The van der Waals surface area contributed by atoms with Crippen LogP contribution in [0.4, 0.5) is 0 Å². The Kier molecular flexibility index (Phi) is 4.58. The summed E-state index contributed by atoms with van der Waals surface area (Å²) in [4.78, 5) is 14.4. The van der Waals surface area contributed by atoms with Crippen LogP contribution in [0.25, 0.3) is 0 Å². The molecule has 1 saturated heterocycles. The Morgan fingerprint density at radius 3 is 2.41 bits per heavy atom. The molecule has 7 nitrogen and oxygen atoms in total. The van der Waals surface area contributed by atoms with E-state index in [9.17, 15) is 13.2 Å². The number of ether oxygens (including phenoxy) is 2. The molecule has 1 aliphatic carbocycles. The number of rotatable bonds is 2. The fourth-order valence-electron chi connectivity index (χ4n) is 4.72. The van der Waals surface area contributed by atoms with Crippen molar-refractivity contribution in [3.8, 4) is 11.5 Å². The highest BCUT2D eigenvalue weighted by Crippen LogP contribution is 2.40. The van der Waals surface area contributed by atoms with Crippen LogP contribution >= 0.6 is 0 Å². The first kappa shape index (κ1) is 18.6. The van der Waals surface area contributed by atoms with Crippen molar-refractivity contribution in [1.29, 1.82) is 0 Å². The van der Waals surface area contributed by atoms with Crippen LogP contribution in [-0.2, 0) is 14.8 Å². The Hall–Kier alpha value is -1.80. The smallest absolute Gasteiger partial charge is 0.243 e. The molecular weight excluding hydrogens is 368 g/mol. The molecule has 2 heterocycles. The second kappa shape index (κ2) is 6.67. The zero-order chi connectivity index (χ0) is 19.2. The van der Waals surface area contributed by atoms with E-state index in [1.165, 1.54) is 0 Å². The lowest BCUT2D eigenvalue weighted by Crippen LogP contribution is -2.64. The first-order valence-electron chi connectivity index (χ1n) is 9.52. The summed E-state index contributed by atoms with van der Waals surface area (Å²) < 4.78 is 39.2. The number of carbonyl (C=O) groups is 1. The van der Waals surface area contributed by atoms with Gasteiger partial charge in [0.25, 0.3) is 0 Å². The summed E-state index contributed by atoms with van der Waals surface area (Å²) in [5.74, 6) is 1.08. The molecule has 4 rings (SSSR count). The number of hydrogen-bond acceptors (Lipinski definition) is 5. The van der Waals surface area contributed by atoms with E-state index in [1.54, 1.807) is 30.3 Å². The quantitative estimate of drug-likeness (QED) is 0.769. The Morgan fingerprint density at radius 1 is 1.07 bits per heavy atom. The number of sulfonamides is 1. The Balaban J connectivity index is 1.68. The first-order valence-corrected chi connectivity index (χ1v) is 11.0. The summed E-state index contributed by atoms with van der Waals surface area (Å²) in [6.07, 6.45) is 4.92. The van der Waals surface area contributed by atoms with E-state index in [-0.39, 0.29) is 23.1 Å². The highest BCUT2D eigenvalue weighted by Gasteiger charge is 2.47. The number of carbonyl (C=O) groups excluding carboxylic acids is 1. The zero-order valence-electron chi connectivity index (χ0n) is 15.9. The second-order valence-corrected chi connectivity index (χ2v) is 9.67. The van der Waals surface area contributed by atoms with Crippen molar-refractivity contribution in [2.75, 3.05) is 26.4 Å². The molecule has 0 N–H and O–H groups in total. The topological polar surface area (TPSA) is 76.2 Å². The number of aryl methyl sites for hydroxylation is 1. The molecule has 148 valence electrons. The van der Waals surface area contributed by atoms with Crippen molar-refractivity contribution in [1.82, 2.24) is 9.21 Å². The molecule has 0 bridgehead atoms. The summed E-state index contributed by atoms with van der Waals surface area (Å²) in [5.41, 5.74) is 0.269. The van der Waals surface area contributed by atoms with Gasteiger partial charge in [0.1, 0.15) is 0 Å². The van der Waals surface area contributed by atoms with Gasteiger partial charge in [-0.2, -0.15) is 4.31 Å². The maximum Gasteiger partial charge on any atom is 0.243 e. The minimum absolute atomic E-state index is 0.0354. The fraction of sp³-hybridized carbons (Fsp3) is 0.632. The molecule has 1 spiro atoms. The Labute approximate surface area is 160 Å². The SMILES string of the molecule is CC(=O)N1CCN(S(=O)(=O)c2cc3c(cc2C)OCO3)CC12CCCCC2. The van der Waals surface area contributed by atoms with E-state index in [0.717, 1.165) is 32.1 Å². The van der Waals surface area contributed by atoms with Crippen LogP contribution in [0.2, 0.25) is 0 Å². The van der Waals surface area contributed by atoms with Gasteiger partial charge in [-0.3, -0.25) is 4.79 Å². The van der Waals surface area contributed by atoms with Gasteiger partial charge in [0.2, 0.25) is 22.7 Å². The van der Waals surface area contributed by atoms with E-state index in [0.29, 0.717) is 36.7 Å². The molecule has 27 heavy (non-hydrogen) atoms. The minimum Gasteiger partial charge on any atom is -0.454 e. The molecular formula is C19H26N2O5S. The number of benzene rings is 1. The van der Waals surface area contributed by atoms with Gasteiger partial charge in [0.15, 0.2) is 11.5 Å². The maximum atomic E-state index is 13.4.